The van der Waals surface area contributed by atoms with E-state index in [1.807, 2.05) is 54.0 Å². The van der Waals surface area contributed by atoms with E-state index in [0.29, 0.717) is 18.1 Å². The molecule has 0 aliphatic rings. The molecule has 3 rings (SSSR count). The van der Waals surface area contributed by atoms with Crippen molar-refractivity contribution in [2.24, 2.45) is 0 Å². The molecular weight excluding hydrogens is 358 g/mol. The van der Waals surface area contributed by atoms with Gasteiger partial charge < -0.3 is 9.88 Å². The molecule has 2 aromatic heterocycles. The fraction of sp³-hybridized carbons (Fsp3) is 0.200. The second kappa shape index (κ2) is 9.14. The van der Waals surface area contributed by atoms with E-state index >= 15 is 0 Å². The van der Waals surface area contributed by atoms with Gasteiger partial charge in [0.15, 0.2) is 11.0 Å². The molecule has 0 fully saturated rings. The van der Waals surface area contributed by atoms with Gasteiger partial charge >= 0.3 is 0 Å². The third-order valence-corrected chi connectivity index (χ3v) is 5.14. The maximum Gasteiger partial charge on any atom is 0.238 e. The van der Waals surface area contributed by atoms with Crippen LogP contribution in [0.3, 0.4) is 0 Å². The predicted molar refractivity (Wildman–Crippen MR) is 108 cm³/mol. The topological polar surface area (TPSA) is 72.7 Å². The number of nitrogens with zero attached hydrogens (tertiary/aromatic N) is 4. The van der Waals surface area contributed by atoms with Gasteiger partial charge in [-0.3, -0.25) is 9.78 Å². The molecule has 27 heavy (non-hydrogen) atoms. The van der Waals surface area contributed by atoms with Crippen LogP contribution in [-0.4, -0.2) is 30.9 Å². The van der Waals surface area contributed by atoms with Crippen LogP contribution in [-0.2, 0) is 11.3 Å². The zero-order chi connectivity index (χ0) is 19.1. The lowest BCUT2D eigenvalue weighted by atomic mass is 10.2. The van der Waals surface area contributed by atoms with Crippen molar-refractivity contribution in [1.29, 1.82) is 0 Å². The van der Waals surface area contributed by atoms with Crippen LogP contribution >= 0.6 is 11.8 Å². The van der Waals surface area contributed by atoms with E-state index < -0.39 is 0 Å². The Bertz CT molecular complexity index is 895. The summed E-state index contributed by atoms with van der Waals surface area (Å²) < 4.78 is 2.01. The van der Waals surface area contributed by atoms with Crippen molar-refractivity contribution < 1.29 is 4.79 Å². The fourth-order valence-electron chi connectivity index (χ4n) is 2.61. The third kappa shape index (κ3) is 4.62. The smallest absolute Gasteiger partial charge is 0.238 e. The lowest BCUT2D eigenvalue weighted by molar-refractivity contribution is -0.115. The molecule has 0 aliphatic heterocycles. The Morgan fingerprint density at radius 1 is 1.22 bits per heavy atom. The van der Waals surface area contributed by atoms with Crippen molar-refractivity contribution in [3.8, 4) is 11.4 Å². The van der Waals surface area contributed by atoms with E-state index in [1.54, 1.807) is 18.5 Å². The van der Waals surface area contributed by atoms with Crippen molar-refractivity contribution in [1.82, 2.24) is 19.7 Å². The summed E-state index contributed by atoms with van der Waals surface area (Å²) in [6.07, 6.45) is 5.73. The number of anilines is 1. The highest BCUT2D eigenvalue weighted by Gasteiger charge is 2.23. The molecule has 7 heteroatoms. The van der Waals surface area contributed by atoms with E-state index in [4.69, 9.17) is 0 Å². The molecule has 1 amide bonds. The highest BCUT2D eigenvalue weighted by Crippen LogP contribution is 2.29. The van der Waals surface area contributed by atoms with Crippen molar-refractivity contribution in [3.05, 3.63) is 67.5 Å². The number of para-hydroxylation sites is 1. The zero-order valence-electron chi connectivity index (χ0n) is 15.1. The van der Waals surface area contributed by atoms with E-state index in [-0.39, 0.29) is 11.2 Å². The lowest BCUT2D eigenvalue weighted by Gasteiger charge is -2.15. The first kappa shape index (κ1) is 18.8. The maximum absolute atomic E-state index is 12.7. The summed E-state index contributed by atoms with van der Waals surface area (Å²) in [7, 11) is 0. The molecule has 138 valence electrons. The largest absolute Gasteiger partial charge is 0.325 e. The van der Waals surface area contributed by atoms with E-state index in [0.717, 1.165) is 17.1 Å². The number of amides is 1. The van der Waals surface area contributed by atoms with Gasteiger partial charge in [0.05, 0.1) is 5.25 Å². The molecule has 0 bridgehead atoms. The summed E-state index contributed by atoms with van der Waals surface area (Å²) in [5, 5.41) is 11.9. The minimum atomic E-state index is -0.345. The molecule has 0 spiro atoms. The molecular formula is C20H21N5OS. The number of allylic oxidation sites excluding steroid dienone is 1. The van der Waals surface area contributed by atoms with Gasteiger partial charge in [-0.15, -0.1) is 16.8 Å². The second-order valence-corrected chi connectivity index (χ2v) is 6.94. The van der Waals surface area contributed by atoms with Gasteiger partial charge in [-0.1, -0.05) is 36.0 Å². The van der Waals surface area contributed by atoms with Gasteiger partial charge in [0.2, 0.25) is 5.91 Å². The molecule has 1 atom stereocenters. The van der Waals surface area contributed by atoms with Crippen molar-refractivity contribution in [2.45, 2.75) is 30.3 Å². The first-order chi connectivity index (χ1) is 13.2. The van der Waals surface area contributed by atoms with Gasteiger partial charge in [-0.2, -0.15) is 0 Å². The normalized spacial score (nSPS) is 11.7. The second-order valence-electron chi connectivity index (χ2n) is 5.77. The monoisotopic (exact) mass is 379 g/mol. The molecule has 1 N–H and O–H groups in total. The summed E-state index contributed by atoms with van der Waals surface area (Å²) in [6.45, 7) is 6.52. The summed E-state index contributed by atoms with van der Waals surface area (Å²) in [5.41, 5.74) is 1.71. The van der Waals surface area contributed by atoms with E-state index in [1.165, 1.54) is 11.8 Å². The average Bonchev–Trinajstić information content (AvgIpc) is 3.11. The number of hydrogen-bond donors (Lipinski definition) is 1. The third-order valence-electron chi connectivity index (χ3n) is 3.93. The fourth-order valence-corrected chi connectivity index (χ4v) is 3.69. The van der Waals surface area contributed by atoms with Crippen molar-refractivity contribution in [2.75, 3.05) is 5.32 Å². The number of hydrogen-bond acceptors (Lipinski definition) is 5. The molecule has 6 nitrogen and oxygen atoms in total. The van der Waals surface area contributed by atoms with Crippen LogP contribution in [0.5, 0.6) is 0 Å². The van der Waals surface area contributed by atoms with Crippen LogP contribution in [0, 0.1) is 0 Å². The standard InChI is InChI=1S/C20H21N5OS/c1-3-8-17(19(26)22-16-9-6-5-7-10-16)27-20-24-23-18(25(20)4-2)15-11-13-21-14-12-15/h3,5-7,9-14,17H,1,4,8H2,2H3,(H,22,26). The number of nitrogens with one attached hydrogen (secondary N) is 1. The number of benzene rings is 1. The van der Waals surface area contributed by atoms with Crippen LogP contribution in [0.4, 0.5) is 5.69 Å². The van der Waals surface area contributed by atoms with Crippen molar-refractivity contribution >= 4 is 23.4 Å². The average molecular weight is 379 g/mol. The first-order valence-corrected chi connectivity index (χ1v) is 9.58. The number of thioether (sulfide) groups is 1. The molecule has 0 aliphatic carbocycles. The first-order valence-electron chi connectivity index (χ1n) is 8.70. The van der Waals surface area contributed by atoms with Gasteiger partial charge in [0, 0.05) is 30.2 Å². The molecule has 0 radical (unpaired) electrons. The number of carbonyl (C=O) groups is 1. The SMILES string of the molecule is C=CCC(Sc1nnc(-c2ccncc2)n1CC)C(=O)Nc1ccccc1. The number of aromatic nitrogens is 4. The minimum absolute atomic E-state index is 0.0813. The Balaban J connectivity index is 1.81. The Labute approximate surface area is 162 Å². The van der Waals surface area contributed by atoms with Crippen LogP contribution in [0.25, 0.3) is 11.4 Å². The van der Waals surface area contributed by atoms with Gasteiger partial charge in [-0.05, 0) is 37.6 Å². The highest BCUT2D eigenvalue weighted by molar-refractivity contribution is 8.00. The quantitative estimate of drug-likeness (QED) is 0.472. The van der Waals surface area contributed by atoms with Gasteiger partial charge in [0.1, 0.15) is 0 Å². The number of carbonyl (C=O) groups excluding carboxylic acids is 1. The molecule has 1 unspecified atom stereocenters. The van der Waals surface area contributed by atoms with E-state index in [9.17, 15) is 4.79 Å². The predicted octanol–water partition coefficient (Wildman–Crippen LogP) is 4.04. The van der Waals surface area contributed by atoms with Gasteiger partial charge in [-0.25, -0.2) is 0 Å². The van der Waals surface area contributed by atoms with Crippen LogP contribution in [0.15, 0.2) is 72.7 Å². The Hall–Kier alpha value is -2.93. The number of pyridine rings is 1. The van der Waals surface area contributed by atoms with Crippen LogP contribution < -0.4 is 5.32 Å². The molecule has 2 heterocycles. The summed E-state index contributed by atoms with van der Waals surface area (Å²) in [5.74, 6) is 0.686. The molecule has 1 aromatic carbocycles. The highest BCUT2D eigenvalue weighted by atomic mass is 32.2. The Kier molecular flexibility index (Phi) is 6.38. The van der Waals surface area contributed by atoms with Gasteiger partial charge in [0.25, 0.3) is 0 Å². The Morgan fingerprint density at radius 2 is 1.96 bits per heavy atom. The molecule has 0 saturated heterocycles. The zero-order valence-corrected chi connectivity index (χ0v) is 15.9. The molecule has 0 saturated carbocycles. The van der Waals surface area contributed by atoms with Crippen molar-refractivity contribution in [3.63, 3.8) is 0 Å². The maximum atomic E-state index is 12.7. The summed E-state index contributed by atoms with van der Waals surface area (Å²) in [6, 6.07) is 13.2. The lowest BCUT2D eigenvalue weighted by Crippen LogP contribution is -2.25. The summed E-state index contributed by atoms with van der Waals surface area (Å²) in [4.78, 5) is 16.8. The Morgan fingerprint density at radius 3 is 2.63 bits per heavy atom. The van der Waals surface area contributed by atoms with E-state index in [2.05, 4.69) is 27.1 Å². The van der Waals surface area contributed by atoms with Crippen LogP contribution in [0.2, 0.25) is 0 Å². The number of rotatable bonds is 8. The minimum Gasteiger partial charge on any atom is -0.325 e. The summed E-state index contributed by atoms with van der Waals surface area (Å²) >= 11 is 1.40. The molecule has 3 aromatic rings. The van der Waals surface area contributed by atoms with Crippen LogP contribution in [0.1, 0.15) is 13.3 Å².